The van der Waals surface area contributed by atoms with Crippen molar-refractivity contribution in [3.63, 3.8) is 0 Å². The molecule has 2 aromatic heterocycles. The maximum Gasteiger partial charge on any atom is 0.216 e. The third-order valence-electron chi connectivity index (χ3n) is 6.41. The predicted molar refractivity (Wildman–Crippen MR) is 135 cm³/mol. The van der Waals surface area contributed by atoms with Crippen molar-refractivity contribution < 1.29 is 14.5 Å². The molecule has 3 heteroatoms. The van der Waals surface area contributed by atoms with Crippen LogP contribution in [0, 0.1) is 6.92 Å². The number of rotatable bonds is 2. The first-order valence-electron chi connectivity index (χ1n) is 13.0. The lowest BCUT2D eigenvalue weighted by molar-refractivity contribution is -0.660. The zero-order valence-electron chi connectivity index (χ0n) is 22.8. The highest BCUT2D eigenvalue weighted by Gasteiger charge is 2.30. The van der Waals surface area contributed by atoms with Gasteiger partial charge in [0.05, 0.1) is 13.6 Å². The summed E-state index contributed by atoms with van der Waals surface area (Å²) in [4.78, 5) is 0. The van der Waals surface area contributed by atoms with Gasteiger partial charge in [-0.25, -0.2) is 4.57 Å². The second-order valence-corrected chi connectivity index (χ2v) is 13.0. The van der Waals surface area contributed by atoms with E-state index >= 15 is 0 Å². The third kappa shape index (κ3) is 2.95. The highest BCUT2D eigenvalue weighted by atomic mass is 28.3. The average molecular weight is 439 g/mol. The zero-order valence-corrected chi connectivity index (χ0v) is 19.8. The Balaban J connectivity index is 1.62. The van der Waals surface area contributed by atoms with Crippen LogP contribution >= 0.6 is 0 Å². The summed E-state index contributed by atoms with van der Waals surface area (Å²) in [6.45, 7) is 5.71. The first-order chi connectivity index (χ1) is 17.0. The van der Waals surface area contributed by atoms with E-state index in [1.54, 1.807) is 19.2 Å². The number of nitrogens with zero attached hydrogens (tertiary/aromatic N) is 1. The number of benzene rings is 3. The van der Waals surface area contributed by atoms with Gasteiger partial charge in [-0.1, -0.05) is 61.6 Å². The molecule has 0 fully saturated rings. The highest BCUT2D eigenvalue weighted by molar-refractivity contribution is 6.77. The minimum atomic E-state index is -2.92. The maximum atomic E-state index is 8.87. The predicted octanol–water partition coefficient (Wildman–Crippen LogP) is 6.94. The molecule has 6 rings (SSSR count). The molecule has 3 aromatic carbocycles. The summed E-state index contributed by atoms with van der Waals surface area (Å²) in [6.07, 6.45) is 2.03. The molecule has 1 aliphatic rings. The van der Waals surface area contributed by atoms with Crippen LogP contribution in [-0.4, -0.2) is 8.07 Å². The van der Waals surface area contributed by atoms with Gasteiger partial charge in [0.15, 0.2) is 6.20 Å². The molecule has 2 nitrogen and oxygen atoms in total. The molecule has 0 bridgehead atoms. The molecular weight excluding hydrogens is 406 g/mol. The Morgan fingerprint density at radius 1 is 0.875 bits per heavy atom. The number of hydrogen-bond acceptors (Lipinski definition) is 1. The molecule has 0 saturated carbocycles. The third-order valence-corrected chi connectivity index (χ3v) is 8.20. The Labute approximate surface area is 195 Å². The molecule has 3 heterocycles. The van der Waals surface area contributed by atoms with E-state index < -0.39 is 20.1 Å². The van der Waals surface area contributed by atoms with Crippen molar-refractivity contribution in [2.75, 3.05) is 0 Å². The van der Waals surface area contributed by atoms with Crippen molar-refractivity contribution in [3.8, 4) is 22.4 Å². The van der Waals surface area contributed by atoms with Crippen molar-refractivity contribution in [2.24, 2.45) is 7.05 Å². The summed E-state index contributed by atoms with van der Waals surface area (Å²) in [6, 6.07) is 22.0. The molecule has 0 radical (unpaired) electrons. The van der Waals surface area contributed by atoms with Crippen molar-refractivity contribution in [2.45, 2.75) is 32.0 Å². The topological polar surface area (TPSA) is 17.0 Å². The van der Waals surface area contributed by atoms with Crippen LogP contribution in [0.15, 0.2) is 77.3 Å². The fourth-order valence-corrected chi connectivity index (χ4v) is 6.75. The van der Waals surface area contributed by atoms with Gasteiger partial charge in [0, 0.05) is 34.0 Å². The van der Waals surface area contributed by atoms with Gasteiger partial charge in [-0.3, -0.25) is 0 Å². The largest absolute Gasteiger partial charge is 0.454 e. The van der Waals surface area contributed by atoms with Crippen LogP contribution in [0.2, 0.25) is 13.1 Å². The van der Waals surface area contributed by atoms with Gasteiger partial charge < -0.3 is 4.42 Å². The molecule has 0 aliphatic carbocycles. The molecule has 0 amide bonds. The first-order valence-corrected chi connectivity index (χ1v) is 14.0. The minimum Gasteiger partial charge on any atom is -0.454 e. The number of aryl methyl sites for hydroxylation is 2. The van der Waals surface area contributed by atoms with Crippen molar-refractivity contribution >= 4 is 30.0 Å². The molecule has 1 aliphatic heterocycles. The lowest BCUT2D eigenvalue weighted by Gasteiger charge is -2.11. The number of para-hydroxylation sites is 1. The number of hydrogen-bond donors (Lipinski definition) is 0. The fraction of sp³-hybridized carbons (Fsp3) is 0.207. The molecule has 0 saturated heterocycles. The Kier molecular flexibility index (Phi) is 3.37. The summed E-state index contributed by atoms with van der Waals surface area (Å²) < 4.78 is 43.9. The molecule has 0 N–H and O–H groups in total. The van der Waals surface area contributed by atoms with Gasteiger partial charge in [-0.2, -0.15) is 0 Å². The second kappa shape index (κ2) is 6.91. The lowest BCUT2D eigenvalue weighted by Crippen LogP contribution is -2.30. The normalized spacial score (nSPS) is 19.9. The van der Waals surface area contributed by atoms with Crippen LogP contribution in [0.25, 0.3) is 44.3 Å². The van der Waals surface area contributed by atoms with Gasteiger partial charge in [0.2, 0.25) is 5.69 Å². The Morgan fingerprint density at radius 2 is 1.69 bits per heavy atom. The van der Waals surface area contributed by atoms with Gasteiger partial charge in [0.25, 0.3) is 0 Å². The second-order valence-electron chi connectivity index (χ2n) is 9.25. The van der Waals surface area contributed by atoms with E-state index in [1.807, 2.05) is 49.6 Å². The summed E-state index contributed by atoms with van der Waals surface area (Å²) >= 11 is 0. The van der Waals surface area contributed by atoms with E-state index in [0.717, 1.165) is 49.9 Å². The summed E-state index contributed by atoms with van der Waals surface area (Å²) in [5.74, 6) is -3.30. The molecular formula is C29H28NOSi+. The molecule has 32 heavy (non-hydrogen) atoms. The quantitative estimate of drug-likeness (QED) is 0.215. The van der Waals surface area contributed by atoms with Gasteiger partial charge in [-0.15, -0.1) is 0 Å². The molecule has 5 aromatic rings. The summed E-state index contributed by atoms with van der Waals surface area (Å²) in [5.41, 5.74) is 7.54. The SMILES string of the molecule is [2H]C1([2H])c2ccc(-c3cccc4c3oc3c(-c5cccc[n+]5C)c(C)ccc34)cc2C([2H])([2H])[Si]1(C)C. The molecule has 0 atom stereocenters. The lowest BCUT2D eigenvalue weighted by atomic mass is 9.97. The standard InChI is InChI=1S/C29H28NOSi/c1-19-11-14-25-24-9-7-8-23(20-12-13-21-17-32(3,4)18-22(21)16-20)28(24)31-29(25)27(19)26-10-5-6-15-30(26)2/h5-16H,17-18H2,1-4H3/q+1/i17D2,18D2. The maximum absolute atomic E-state index is 8.87. The number of furan rings is 1. The van der Waals surface area contributed by atoms with Crippen LogP contribution in [0.1, 0.15) is 22.2 Å². The zero-order chi connectivity index (χ0) is 25.6. The van der Waals surface area contributed by atoms with Crippen LogP contribution in [0.5, 0.6) is 0 Å². The average Bonchev–Trinajstić information content (AvgIpc) is 3.26. The van der Waals surface area contributed by atoms with Crippen LogP contribution in [-0.2, 0) is 19.0 Å². The van der Waals surface area contributed by atoms with Crippen molar-refractivity contribution in [1.82, 2.24) is 0 Å². The van der Waals surface area contributed by atoms with Crippen LogP contribution in [0.4, 0.5) is 0 Å². The van der Waals surface area contributed by atoms with E-state index in [2.05, 4.69) is 35.8 Å². The Bertz CT molecular complexity index is 1700. The number of pyridine rings is 1. The number of aromatic nitrogens is 1. The van der Waals surface area contributed by atoms with E-state index in [4.69, 9.17) is 9.90 Å². The Hall–Kier alpha value is -3.17. The monoisotopic (exact) mass is 438 g/mol. The van der Waals surface area contributed by atoms with E-state index in [0.29, 0.717) is 11.1 Å². The van der Waals surface area contributed by atoms with E-state index in [9.17, 15) is 0 Å². The molecule has 158 valence electrons. The molecule has 0 unspecified atom stereocenters. The van der Waals surface area contributed by atoms with Crippen LogP contribution in [0.3, 0.4) is 0 Å². The Morgan fingerprint density at radius 3 is 2.53 bits per heavy atom. The summed E-state index contributed by atoms with van der Waals surface area (Å²) in [7, 11) is -0.888. The minimum absolute atomic E-state index is 0.475. The first kappa shape index (κ1) is 15.6. The number of fused-ring (bicyclic) bond motifs is 4. The smallest absolute Gasteiger partial charge is 0.216 e. The van der Waals surface area contributed by atoms with Gasteiger partial charge in [-0.05, 0) is 47.2 Å². The summed E-state index contributed by atoms with van der Waals surface area (Å²) in [5, 5.41) is 2.05. The van der Waals surface area contributed by atoms with Crippen LogP contribution < -0.4 is 4.57 Å². The van der Waals surface area contributed by atoms with Crippen molar-refractivity contribution in [3.05, 3.63) is 89.6 Å². The van der Waals surface area contributed by atoms with Gasteiger partial charge in [0.1, 0.15) is 18.2 Å². The fourth-order valence-electron chi connectivity index (χ4n) is 4.92. The van der Waals surface area contributed by atoms with Gasteiger partial charge >= 0.3 is 0 Å². The van der Waals surface area contributed by atoms with E-state index in [-0.39, 0.29) is 0 Å². The van der Waals surface area contributed by atoms with Crippen molar-refractivity contribution in [1.29, 1.82) is 0 Å². The van der Waals surface area contributed by atoms with E-state index in [1.165, 1.54) is 0 Å². The highest BCUT2D eigenvalue weighted by Crippen LogP contribution is 2.41. The molecule has 0 spiro atoms.